The molecular weight excluding hydrogens is 430 g/mol. The molecule has 9 heteroatoms. The summed E-state index contributed by atoms with van der Waals surface area (Å²) in [4.78, 5) is 2.96. The minimum Gasteiger partial charge on any atom is -0.369 e. The summed E-state index contributed by atoms with van der Waals surface area (Å²) in [5.41, 5.74) is 3.93. The first-order valence-electron chi connectivity index (χ1n) is 9.31. The van der Waals surface area contributed by atoms with Gasteiger partial charge in [-0.3, -0.25) is 0 Å². The van der Waals surface area contributed by atoms with Crippen molar-refractivity contribution in [1.82, 2.24) is 9.46 Å². The number of anilines is 1. The molecule has 29 heavy (non-hydrogen) atoms. The highest BCUT2D eigenvalue weighted by atomic mass is 35.5. The zero-order valence-corrected chi connectivity index (χ0v) is 18.9. The maximum atomic E-state index is 13.1. The summed E-state index contributed by atoms with van der Waals surface area (Å²) in [6, 6.07) is 9.24. The third-order valence-corrected chi connectivity index (χ3v) is 8.99. The first-order valence-corrected chi connectivity index (χ1v) is 11.9. The highest BCUT2D eigenvalue weighted by Gasteiger charge is 2.30. The third kappa shape index (κ3) is 3.82. The van der Waals surface area contributed by atoms with Crippen LogP contribution in [0.1, 0.15) is 16.8 Å². The van der Waals surface area contributed by atoms with Gasteiger partial charge in [-0.2, -0.15) is 4.31 Å². The number of hydrogen-bond donors (Lipinski definition) is 0. The van der Waals surface area contributed by atoms with Gasteiger partial charge in [0.1, 0.15) is 4.21 Å². The zero-order valence-electron chi connectivity index (χ0n) is 16.5. The Kier molecular flexibility index (Phi) is 5.46. The molecule has 0 unspecified atom stereocenters. The molecule has 0 N–H and O–H groups in total. The van der Waals surface area contributed by atoms with Crippen LogP contribution in [0.4, 0.5) is 5.69 Å². The Balaban J connectivity index is 1.51. The molecular formula is C20H22ClN3O3S2. The molecule has 3 heterocycles. The quantitative estimate of drug-likeness (QED) is 0.584. The second kappa shape index (κ2) is 7.75. The van der Waals surface area contributed by atoms with Crippen LogP contribution in [-0.4, -0.2) is 44.1 Å². The van der Waals surface area contributed by atoms with Gasteiger partial charge in [0.25, 0.3) is 10.0 Å². The first kappa shape index (κ1) is 20.4. The molecule has 4 rings (SSSR count). The van der Waals surface area contributed by atoms with Gasteiger partial charge in [-0.05, 0) is 50.6 Å². The molecule has 1 aliphatic rings. The number of halogens is 1. The van der Waals surface area contributed by atoms with Gasteiger partial charge in [0.2, 0.25) is 0 Å². The lowest BCUT2D eigenvalue weighted by atomic mass is 10.1. The standard InChI is InChI=1S/C20H22ClN3O3S2/c1-13-4-5-16(21)12-17(13)23-8-10-24(11-9-23)29(25,26)19-7-6-18(28-19)20-14(2)15(3)22-27-20/h4-7,12H,8-11H2,1-3H3. The molecule has 0 amide bonds. The van der Waals surface area contributed by atoms with Gasteiger partial charge in [0.15, 0.2) is 5.76 Å². The van der Waals surface area contributed by atoms with Gasteiger partial charge in [0.05, 0.1) is 10.6 Å². The molecule has 0 spiro atoms. The summed E-state index contributed by atoms with van der Waals surface area (Å²) in [5, 5.41) is 4.65. The monoisotopic (exact) mass is 451 g/mol. The Hall–Kier alpha value is -1.87. The van der Waals surface area contributed by atoms with Crippen molar-refractivity contribution in [1.29, 1.82) is 0 Å². The van der Waals surface area contributed by atoms with Crippen molar-refractivity contribution < 1.29 is 12.9 Å². The second-order valence-electron chi connectivity index (χ2n) is 7.16. The number of hydrogen-bond acceptors (Lipinski definition) is 6. The lowest BCUT2D eigenvalue weighted by Gasteiger charge is -2.36. The van der Waals surface area contributed by atoms with Crippen LogP contribution in [0.25, 0.3) is 10.6 Å². The van der Waals surface area contributed by atoms with Crippen molar-refractivity contribution >= 4 is 38.6 Å². The van der Waals surface area contributed by atoms with E-state index < -0.39 is 10.0 Å². The number of nitrogens with zero attached hydrogens (tertiary/aromatic N) is 3. The van der Waals surface area contributed by atoms with Crippen LogP contribution in [-0.2, 0) is 10.0 Å². The van der Waals surface area contributed by atoms with Gasteiger partial charge < -0.3 is 9.42 Å². The molecule has 1 aliphatic heterocycles. The topological polar surface area (TPSA) is 66.7 Å². The van der Waals surface area contributed by atoms with Crippen molar-refractivity contribution in [2.45, 2.75) is 25.0 Å². The number of aryl methyl sites for hydroxylation is 2. The molecule has 1 saturated heterocycles. The lowest BCUT2D eigenvalue weighted by molar-refractivity contribution is 0.385. The fourth-order valence-electron chi connectivity index (χ4n) is 3.45. The van der Waals surface area contributed by atoms with E-state index in [1.807, 2.05) is 39.0 Å². The number of benzene rings is 1. The average Bonchev–Trinajstić information content (AvgIpc) is 3.32. The zero-order chi connectivity index (χ0) is 20.8. The van der Waals surface area contributed by atoms with Crippen LogP contribution >= 0.6 is 22.9 Å². The Bertz CT molecular complexity index is 1150. The Morgan fingerprint density at radius 3 is 2.45 bits per heavy atom. The normalized spacial score (nSPS) is 15.8. The van der Waals surface area contributed by atoms with Gasteiger partial charge >= 0.3 is 0 Å². The molecule has 0 radical (unpaired) electrons. The van der Waals surface area contributed by atoms with E-state index in [9.17, 15) is 8.42 Å². The van der Waals surface area contributed by atoms with Crippen LogP contribution in [0.5, 0.6) is 0 Å². The average molecular weight is 452 g/mol. The van der Waals surface area contributed by atoms with Crippen molar-refractivity contribution in [3.05, 3.63) is 52.2 Å². The molecule has 0 atom stereocenters. The predicted octanol–water partition coefficient (Wildman–Crippen LogP) is 4.49. The summed E-state index contributed by atoms with van der Waals surface area (Å²) in [5.74, 6) is 0.634. The summed E-state index contributed by atoms with van der Waals surface area (Å²) >= 11 is 7.36. The molecule has 2 aromatic heterocycles. The van der Waals surface area contributed by atoms with Crippen molar-refractivity contribution in [2.75, 3.05) is 31.1 Å². The molecule has 0 bridgehead atoms. The number of aromatic nitrogens is 1. The van der Waals surface area contributed by atoms with E-state index in [4.69, 9.17) is 16.1 Å². The fourth-order valence-corrected chi connectivity index (χ4v) is 6.53. The maximum Gasteiger partial charge on any atom is 0.252 e. The number of thiophene rings is 1. The first-order chi connectivity index (χ1) is 13.8. The Labute approximate surface area is 179 Å². The summed E-state index contributed by atoms with van der Waals surface area (Å²) in [6.45, 7) is 7.94. The van der Waals surface area contributed by atoms with E-state index in [0.717, 1.165) is 27.4 Å². The van der Waals surface area contributed by atoms with E-state index in [0.29, 0.717) is 41.2 Å². The molecule has 6 nitrogen and oxygen atoms in total. The van der Waals surface area contributed by atoms with Crippen molar-refractivity contribution in [3.63, 3.8) is 0 Å². The van der Waals surface area contributed by atoms with E-state index in [-0.39, 0.29) is 0 Å². The van der Waals surface area contributed by atoms with Crippen LogP contribution in [0.3, 0.4) is 0 Å². The predicted molar refractivity (Wildman–Crippen MR) is 116 cm³/mol. The van der Waals surface area contributed by atoms with Crippen LogP contribution in [0.2, 0.25) is 5.02 Å². The van der Waals surface area contributed by atoms with Crippen LogP contribution in [0, 0.1) is 20.8 Å². The number of piperazine rings is 1. The SMILES string of the molecule is Cc1ccc(Cl)cc1N1CCN(S(=O)(=O)c2ccc(-c3onc(C)c3C)s2)CC1. The Morgan fingerprint density at radius 1 is 1.07 bits per heavy atom. The molecule has 0 aliphatic carbocycles. The van der Waals surface area contributed by atoms with E-state index in [1.165, 1.54) is 11.3 Å². The molecule has 1 fully saturated rings. The molecule has 0 saturated carbocycles. The minimum atomic E-state index is -3.54. The number of sulfonamides is 1. The summed E-state index contributed by atoms with van der Waals surface area (Å²) in [7, 11) is -3.54. The Morgan fingerprint density at radius 2 is 1.79 bits per heavy atom. The van der Waals surface area contributed by atoms with Gasteiger partial charge in [-0.15, -0.1) is 11.3 Å². The van der Waals surface area contributed by atoms with Crippen LogP contribution in [0.15, 0.2) is 39.1 Å². The van der Waals surface area contributed by atoms with Crippen molar-refractivity contribution in [2.24, 2.45) is 0 Å². The number of rotatable bonds is 4. The minimum absolute atomic E-state index is 0.327. The highest BCUT2D eigenvalue weighted by molar-refractivity contribution is 7.91. The molecule has 3 aromatic rings. The van der Waals surface area contributed by atoms with Gasteiger partial charge in [-0.1, -0.05) is 22.8 Å². The summed E-state index contributed by atoms with van der Waals surface area (Å²) in [6.07, 6.45) is 0. The van der Waals surface area contributed by atoms with E-state index in [1.54, 1.807) is 16.4 Å². The fraction of sp³-hybridized carbons (Fsp3) is 0.350. The third-order valence-electron chi connectivity index (χ3n) is 5.31. The van der Waals surface area contributed by atoms with Gasteiger partial charge in [0, 0.05) is 42.5 Å². The molecule has 154 valence electrons. The smallest absolute Gasteiger partial charge is 0.252 e. The van der Waals surface area contributed by atoms with Gasteiger partial charge in [-0.25, -0.2) is 8.42 Å². The highest BCUT2D eigenvalue weighted by Crippen LogP contribution is 2.35. The second-order valence-corrected chi connectivity index (χ2v) is 10.8. The van der Waals surface area contributed by atoms with E-state index >= 15 is 0 Å². The van der Waals surface area contributed by atoms with E-state index in [2.05, 4.69) is 10.1 Å². The van der Waals surface area contributed by atoms with Crippen LogP contribution < -0.4 is 4.90 Å². The summed E-state index contributed by atoms with van der Waals surface area (Å²) < 4.78 is 33.5. The van der Waals surface area contributed by atoms with Crippen molar-refractivity contribution in [3.8, 4) is 10.6 Å². The largest absolute Gasteiger partial charge is 0.369 e. The lowest BCUT2D eigenvalue weighted by Crippen LogP contribution is -2.48. The molecule has 1 aromatic carbocycles. The maximum absolute atomic E-state index is 13.1.